The van der Waals surface area contributed by atoms with Crippen LogP contribution in [0.2, 0.25) is 0 Å². The lowest BCUT2D eigenvalue weighted by Crippen LogP contribution is -2.21. The van der Waals surface area contributed by atoms with Crippen LogP contribution in [0.5, 0.6) is 17.2 Å². The molecule has 20 heavy (non-hydrogen) atoms. The first-order valence-electron chi connectivity index (χ1n) is 6.70. The van der Waals surface area contributed by atoms with Gasteiger partial charge in [0.05, 0.1) is 34.0 Å². The quantitative estimate of drug-likeness (QED) is 0.743. The van der Waals surface area contributed by atoms with Crippen LogP contribution in [0, 0.1) is 5.92 Å². The number of hydroxylamine groups is 1. The largest absolute Gasteiger partial charge is 0.493 e. The highest BCUT2D eigenvalue weighted by atomic mass is 16.6. The number of benzene rings is 1. The molecule has 0 aliphatic heterocycles. The summed E-state index contributed by atoms with van der Waals surface area (Å²) in [5.41, 5.74) is 4.02. The number of nitrogens with one attached hydrogen (secondary N) is 1. The molecule has 5 nitrogen and oxygen atoms in total. The van der Waals surface area contributed by atoms with E-state index < -0.39 is 0 Å². The molecule has 0 radical (unpaired) electrons. The van der Waals surface area contributed by atoms with Gasteiger partial charge in [0.1, 0.15) is 0 Å². The Morgan fingerprint density at radius 1 is 0.950 bits per heavy atom. The molecule has 0 heterocycles. The first-order valence-corrected chi connectivity index (χ1v) is 6.70. The number of rotatable bonds is 8. The average Bonchev–Trinajstić information content (AvgIpc) is 2.44. The third-order valence-electron chi connectivity index (χ3n) is 2.86. The van der Waals surface area contributed by atoms with Crippen molar-refractivity contribution in [2.75, 3.05) is 27.9 Å². The van der Waals surface area contributed by atoms with E-state index in [-0.39, 0.29) is 6.04 Å². The molecule has 0 aromatic heterocycles. The van der Waals surface area contributed by atoms with Crippen LogP contribution >= 0.6 is 0 Å². The van der Waals surface area contributed by atoms with E-state index in [9.17, 15) is 0 Å². The Hall–Kier alpha value is -1.46. The van der Waals surface area contributed by atoms with Crippen LogP contribution in [-0.4, -0.2) is 27.9 Å². The number of hydrogen-bond donors (Lipinski definition) is 1. The van der Waals surface area contributed by atoms with E-state index in [1.54, 1.807) is 21.3 Å². The van der Waals surface area contributed by atoms with Crippen molar-refractivity contribution in [2.45, 2.75) is 26.8 Å². The fourth-order valence-electron chi connectivity index (χ4n) is 1.76. The maximum atomic E-state index is 5.45. The Kier molecular flexibility index (Phi) is 6.61. The highest BCUT2D eigenvalue weighted by molar-refractivity contribution is 5.54. The molecule has 5 heteroatoms. The number of methoxy groups -OCH3 is 3. The molecule has 0 amide bonds. The Morgan fingerprint density at radius 3 is 1.90 bits per heavy atom. The number of ether oxygens (including phenoxy) is 3. The van der Waals surface area contributed by atoms with Crippen LogP contribution in [0.15, 0.2) is 12.1 Å². The van der Waals surface area contributed by atoms with Crippen molar-refractivity contribution in [3.05, 3.63) is 17.7 Å². The molecule has 1 N–H and O–H groups in total. The minimum atomic E-state index is 0.0162. The van der Waals surface area contributed by atoms with Crippen molar-refractivity contribution in [1.82, 2.24) is 5.48 Å². The molecular formula is C15H25NO4. The molecule has 0 fully saturated rings. The zero-order valence-corrected chi connectivity index (χ0v) is 13.1. The van der Waals surface area contributed by atoms with Crippen molar-refractivity contribution >= 4 is 0 Å². The minimum absolute atomic E-state index is 0.0162. The molecule has 1 aromatic carbocycles. The van der Waals surface area contributed by atoms with E-state index in [2.05, 4.69) is 19.3 Å². The fraction of sp³-hybridized carbons (Fsp3) is 0.600. The maximum Gasteiger partial charge on any atom is 0.203 e. The molecule has 1 atom stereocenters. The molecule has 1 unspecified atom stereocenters. The second-order valence-electron chi connectivity index (χ2n) is 5.00. The highest BCUT2D eigenvalue weighted by Crippen LogP contribution is 2.39. The van der Waals surface area contributed by atoms with Gasteiger partial charge in [0.15, 0.2) is 11.5 Å². The third-order valence-corrected chi connectivity index (χ3v) is 2.86. The molecule has 0 aliphatic rings. The van der Waals surface area contributed by atoms with E-state index in [1.165, 1.54) is 0 Å². The van der Waals surface area contributed by atoms with Gasteiger partial charge in [-0.3, -0.25) is 0 Å². The van der Waals surface area contributed by atoms with Crippen molar-refractivity contribution in [2.24, 2.45) is 5.92 Å². The summed E-state index contributed by atoms with van der Waals surface area (Å²) in [5.74, 6) is 2.35. The smallest absolute Gasteiger partial charge is 0.203 e. The maximum absolute atomic E-state index is 5.45. The van der Waals surface area contributed by atoms with Crippen LogP contribution in [0.4, 0.5) is 0 Å². The predicted molar refractivity (Wildman–Crippen MR) is 78.4 cm³/mol. The van der Waals surface area contributed by atoms with Gasteiger partial charge in [-0.2, -0.15) is 5.48 Å². The van der Waals surface area contributed by atoms with Gasteiger partial charge < -0.3 is 19.0 Å². The van der Waals surface area contributed by atoms with E-state index in [1.807, 2.05) is 19.1 Å². The molecule has 1 rings (SSSR count). The summed E-state index contributed by atoms with van der Waals surface area (Å²) in [6.45, 7) is 6.88. The topological polar surface area (TPSA) is 49.0 Å². The fourth-order valence-corrected chi connectivity index (χ4v) is 1.76. The zero-order valence-electron chi connectivity index (χ0n) is 13.1. The Balaban J connectivity index is 2.89. The lowest BCUT2D eigenvalue weighted by molar-refractivity contribution is 0.00401. The molecule has 0 saturated carbocycles. The summed E-state index contributed by atoms with van der Waals surface area (Å²) < 4.78 is 16.0. The first kappa shape index (κ1) is 16.6. The van der Waals surface area contributed by atoms with Crippen molar-refractivity contribution in [3.8, 4) is 17.2 Å². The predicted octanol–water partition coefficient (Wildman–Crippen LogP) is 2.95. The Labute approximate surface area is 121 Å². The standard InChI is InChI=1S/C15H25NO4/c1-10(2)9-20-16-11(3)12-7-13(17-4)15(19-6)14(8-12)18-5/h7-8,10-11,16H,9H2,1-6H3. The van der Waals surface area contributed by atoms with Gasteiger partial charge in [-0.1, -0.05) is 13.8 Å². The third kappa shape index (κ3) is 4.28. The molecule has 114 valence electrons. The van der Waals surface area contributed by atoms with Crippen LogP contribution in [0.25, 0.3) is 0 Å². The van der Waals surface area contributed by atoms with Crippen molar-refractivity contribution in [3.63, 3.8) is 0 Å². The van der Waals surface area contributed by atoms with Gasteiger partial charge in [-0.05, 0) is 30.5 Å². The van der Waals surface area contributed by atoms with Gasteiger partial charge in [-0.15, -0.1) is 0 Å². The zero-order chi connectivity index (χ0) is 15.1. The molecular weight excluding hydrogens is 258 g/mol. The second-order valence-corrected chi connectivity index (χ2v) is 5.00. The normalized spacial score (nSPS) is 12.3. The molecule has 0 bridgehead atoms. The summed E-state index contributed by atoms with van der Waals surface area (Å²) in [6, 6.07) is 3.85. The van der Waals surface area contributed by atoms with E-state index in [0.29, 0.717) is 29.8 Å². The van der Waals surface area contributed by atoms with E-state index in [0.717, 1.165) is 5.56 Å². The Bertz CT molecular complexity index is 395. The first-order chi connectivity index (χ1) is 9.53. The Morgan fingerprint density at radius 2 is 1.50 bits per heavy atom. The average molecular weight is 283 g/mol. The summed E-state index contributed by atoms with van der Waals surface area (Å²) in [5, 5.41) is 0. The summed E-state index contributed by atoms with van der Waals surface area (Å²) in [4.78, 5) is 5.45. The van der Waals surface area contributed by atoms with Crippen LogP contribution in [-0.2, 0) is 4.84 Å². The van der Waals surface area contributed by atoms with Gasteiger partial charge >= 0.3 is 0 Å². The van der Waals surface area contributed by atoms with E-state index in [4.69, 9.17) is 19.0 Å². The molecule has 1 aromatic rings. The van der Waals surface area contributed by atoms with Gasteiger partial charge in [0.25, 0.3) is 0 Å². The molecule has 0 aliphatic carbocycles. The van der Waals surface area contributed by atoms with Crippen LogP contribution < -0.4 is 19.7 Å². The second kappa shape index (κ2) is 7.97. The SMILES string of the molecule is COc1cc(C(C)NOCC(C)C)cc(OC)c1OC. The van der Waals surface area contributed by atoms with Crippen LogP contribution in [0.1, 0.15) is 32.4 Å². The summed E-state index contributed by atoms with van der Waals surface area (Å²) >= 11 is 0. The molecule has 0 spiro atoms. The van der Waals surface area contributed by atoms with Crippen molar-refractivity contribution < 1.29 is 19.0 Å². The van der Waals surface area contributed by atoms with Crippen LogP contribution in [0.3, 0.4) is 0 Å². The summed E-state index contributed by atoms with van der Waals surface area (Å²) in [6.07, 6.45) is 0. The van der Waals surface area contributed by atoms with Gasteiger partial charge in [0, 0.05) is 0 Å². The van der Waals surface area contributed by atoms with Gasteiger partial charge in [-0.25, -0.2) is 0 Å². The summed E-state index contributed by atoms with van der Waals surface area (Å²) in [7, 11) is 4.80. The number of hydrogen-bond acceptors (Lipinski definition) is 5. The molecule has 0 saturated heterocycles. The van der Waals surface area contributed by atoms with Gasteiger partial charge in [0.2, 0.25) is 5.75 Å². The highest BCUT2D eigenvalue weighted by Gasteiger charge is 2.16. The van der Waals surface area contributed by atoms with Crippen molar-refractivity contribution in [1.29, 1.82) is 0 Å². The monoisotopic (exact) mass is 283 g/mol. The van der Waals surface area contributed by atoms with E-state index >= 15 is 0 Å². The lowest BCUT2D eigenvalue weighted by Gasteiger charge is -2.19. The minimum Gasteiger partial charge on any atom is -0.493 e. The lowest BCUT2D eigenvalue weighted by atomic mass is 10.1.